The number of hydrogen-bond acceptors (Lipinski definition) is 0. The molecule has 0 amide bonds. The van der Waals surface area contributed by atoms with Crippen LogP contribution >= 0.6 is 0 Å². The van der Waals surface area contributed by atoms with Gasteiger partial charge in [0.1, 0.15) is 0 Å². The summed E-state index contributed by atoms with van der Waals surface area (Å²) >= 11 is 0. The fraction of sp³-hybridized carbons (Fsp3) is 0.278. The molecule has 1 radical (unpaired) electrons. The Morgan fingerprint density at radius 3 is 1.72 bits per heavy atom. The van der Waals surface area contributed by atoms with E-state index in [1.54, 1.807) is 0 Å². The first kappa shape index (κ1) is 11.5. The van der Waals surface area contributed by atoms with E-state index in [4.69, 9.17) is 0 Å². The number of rotatable bonds is 2. The van der Waals surface area contributed by atoms with E-state index in [1.807, 2.05) is 0 Å². The Morgan fingerprint density at radius 1 is 0.833 bits per heavy atom. The largest absolute Gasteiger partial charge is 0.0619 e. The zero-order valence-electron chi connectivity index (χ0n) is 11.3. The number of fused-ring (bicyclic) bond motifs is 3. The summed E-state index contributed by atoms with van der Waals surface area (Å²) in [5.41, 5.74) is 5.83. The van der Waals surface area contributed by atoms with Crippen LogP contribution < -0.4 is 0 Å². The standard InChI is InChI=1S/C18H19/c1-12(2)13(3)18-16-10-6-4-8-14(16)15-9-5-7-11-17(15)18/h4-11,13,18H,1-3H3/t13-/m0/s1. The molecule has 1 aliphatic rings. The Bertz CT molecular complexity index is 520. The summed E-state index contributed by atoms with van der Waals surface area (Å²) in [6, 6.07) is 17.7. The van der Waals surface area contributed by atoms with E-state index in [1.165, 1.54) is 28.2 Å². The minimum atomic E-state index is 0.530. The fourth-order valence-corrected chi connectivity index (χ4v) is 3.07. The third-order valence-corrected chi connectivity index (χ3v) is 4.29. The second-order valence-corrected chi connectivity index (χ2v) is 5.52. The minimum Gasteiger partial charge on any atom is -0.0619 e. The summed E-state index contributed by atoms with van der Waals surface area (Å²) in [5, 5.41) is 0. The van der Waals surface area contributed by atoms with Crippen molar-refractivity contribution in [3.8, 4) is 11.1 Å². The first-order chi connectivity index (χ1) is 8.70. The van der Waals surface area contributed by atoms with E-state index in [2.05, 4.69) is 69.3 Å². The molecule has 1 atom stereocenters. The molecule has 0 saturated carbocycles. The molecule has 3 rings (SSSR count). The molecular weight excluding hydrogens is 216 g/mol. The van der Waals surface area contributed by atoms with Gasteiger partial charge >= 0.3 is 0 Å². The van der Waals surface area contributed by atoms with Gasteiger partial charge in [-0.1, -0.05) is 69.3 Å². The average Bonchev–Trinajstić information content (AvgIpc) is 2.72. The SMILES string of the molecule is C[C](C)[C@H](C)C1c2ccccc2-c2ccccc21. The second-order valence-electron chi connectivity index (χ2n) is 5.52. The van der Waals surface area contributed by atoms with Crippen molar-refractivity contribution in [2.75, 3.05) is 0 Å². The maximum atomic E-state index is 2.35. The summed E-state index contributed by atoms with van der Waals surface area (Å²) in [5.74, 6) is 2.63. The van der Waals surface area contributed by atoms with Crippen LogP contribution in [0.3, 0.4) is 0 Å². The molecule has 0 nitrogen and oxygen atoms in total. The van der Waals surface area contributed by atoms with Gasteiger partial charge in [-0.25, -0.2) is 0 Å². The van der Waals surface area contributed by atoms with Crippen LogP contribution in [-0.2, 0) is 0 Å². The predicted molar refractivity (Wildman–Crippen MR) is 77.5 cm³/mol. The fourth-order valence-electron chi connectivity index (χ4n) is 3.07. The van der Waals surface area contributed by atoms with Crippen LogP contribution in [-0.4, -0.2) is 0 Å². The second kappa shape index (κ2) is 4.28. The van der Waals surface area contributed by atoms with Gasteiger partial charge in [0.25, 0.3) is 0 Å². The quantitative estimate of drug-likeness (QED) is 0.683. The van der Waals surface area contributed by atoms with Gasteiger partial charge in [-0.2, -0.15) is 0 Å². The van der Waals surface area contributed by atoms with Crippen LogP contribution in [0.5, 0.6) is 0 Å². The summed E-state index contributed by atoms with van der Waals surface area (Å²) < 4.78 is 0. The third-order valence-electron chi connectivity index (χ3n) is 4.29. The van der Waals surface area contributed by atoms with Gasteiger partial charge in [0, 0.05) is 5.92 Å². The summed E-state index contributed by atoms with van der Waals surface area (Å²) in [6.07, 6.45) is 0. The molecule has 0 N–H and O–H groups in total. The maximum Gasteiger partial charge on any atom is 0.0133 e. The van der Waals surface area contributed by atoms with Crippen molar-refractivity contribution < 1.29 is 0 Å². The van der Waals surface area contributed by atoms with Gasteiger partial charge < -0.3 is 0 Å². The molecule has 91 valence electrons. The van der Waals surface area contributed by atoms with E-state index in [0.29, 0.717) is 11.8 Å². The molecule has 2 aromatic rings. The molecule has 2 aromatic carbocycles. The van der Waals surface area contributed by atoms with Crippen molar-refractivity contribution in [2.45, 2.75) is 26.7 Å². The molecule has 0 bridgehead atoms. The third kappa shape index (κ3) is 1.59. The molecule has 0 aliphatic heterocycles. The van der Waals surface area contributed by atoms with Gasteiger partial charge in [0.2, 0.25) is 0 Å². The molecule has 0 saturated heterocycles. The van der Waals surface area contributed by atoms with Crippen LogP contribution in [0.25, 0.3) is 11.1 Å². The van der Waals surface area contributed by atoms with Crippen LogP contribution in [0.4, 0.5) is 0 Å². The van der Waals surface area contributed by atoms with E-state index in [9.17, 15) is 0 Å². The molecule has 0 heterocycles. The first-order valence-corrected chi connectivity index (χ1v) is 6.68. The van der Waals surface area contributed by atoms with Gasteiger partial charge in [-0.15, -0.1) is 0 Å². The zero-order valence-corrected chi connectivity index (χ0v) is 11.3. The highest BCUT2D eigenvalue weighted by Gasteiger charge is 2.32. The monoisotopic (exact) mass is 235 g/mol. The van der Waals surface area contributed by atoms with E-state index >= 15 is 0 Å². The minimum absolute atomic E-state index is 0.530. The molecule has 0 fully saturated rings. The predicted octanol–water partition coefficient (Wildman–Crippen LogP) is 5.05. The van der Waals surface area contributed by atoms with Crippen LogP contribution in [0.1, 0.15) is 37.8 Å². The smallest absolute Gasteiger partial charge is 0.0133 e. The Hall–Kier alpha value is -1.56. The summed E-state index contributed by atoms with van der Waals surface area (Å²) in [4.78, 5) is 0. The van der Waals surface area contributed by atoms with Crippen molar-refractivity contribution in [3.05, 3.63) is 65.6 Å². The van der Waals surface area contributed by atoms with Crippen molar-refractivity contribution >= 4 is 0 Å². The maximum absolute atomic E-state index is 2.35. The van der Waals surface area contributed by atoms with E-state index in [-0.39, 0.29) is 0 Å². The lowest BCUT2D eigenvalue weighted by Crippen LogP contribution is -2.13. The molecule has 0 heteroatoms. The topological polar surface area (TPSA) is 0 Å². The molecular formula is C18H19. The van der Waals surface area contributed by atoms with Crippen molar-refractivity contribution in [1.82, 2.24) is 0 Å². The average molecular weight is 235 g/mol. The number of hydrogen-bond donors (Lipinski definition) is 0. The Balaban J connectivity index is 2.21. The molecule has 18 heavy (non-hydrogen) atoms. The summed E-state index contributed by atoms with van der Waals surface area (Å²) in [6.45, 7) is 6.83. The van der Waals surface area contributed by atoms with Crippen LogP contribution in [0.15, 0.2) is 48.5 Å². The van der Waals surface area contributed by atoms with Gasteiger partial charge in [0.05, 0.1) is 0 Å². The molecule has 0 spiro atoms. The lowest BCUT2D eigenvalue weighted by atomic mass is 9.79. The highest BCUT2D eigenvalue weighted by Crippen LogP contribution is 2.49. The molecule has 0 unspecified atom stereocenters. The Kier molecular flexibility index (Phi) is 2.74. The normalized spacial score (nSPS) is 15.6. The molecule has 1 aliphatic carbocycles. The van der Waals surface area contributed by atoms with Crippen LogP contribution in [0.2, 0.25) is 0 Å². The Morgan fingerprint density at radius 2 is 1.28 bits per heavy atom. The Labute approximate surface area is 110 Å². The lowest BCUT2D eigenvalue weighted by Gasteiger charge is -2.24. The lowest BCUT2D eigenvalue weighted by molar-refractivity contribution is 0.539. The molecule has 0 aromatic heterocycles. The van der Waals surface area contributed by atoms with E-state index < -0.39 is 0 Å². The van der Waals surface area contributed by atoms with Gasteiger partial charge in [-0.05, 0) is 34.1 Å². The first-order valence-electron chi connectivity index (χ1n) is 6.68. The summed E-state index contributed by atoms with van der Waals surface area (Å²) in [7, 11) is 0. The van der Waals surface area contributed by atoms with Gasteiger partial charge in [0.15, 0.2) is 0 Å². The van der Waals surface area contributed by atoms with Gasteiger partial charge in [-0.3, -0.25) is 0 Å². The van der Waals surface area contributed by atoms with E-state index in [0.717, 1.165) is 0 Å². The highest BCUT2D eigenvalue weighted by atomic mass is 14.4. The zero-order chi connectivity index (χ0) is 12.7. The van der Waals surface area contributed by atoms with Crippen molar-refractivity contribution in [3.63, 3.8) is 0 Å². The number of benzene rings is 2. The highest BCUT2D eigenvalue weighted by molar-refractivity contribution is 5.79. The van der Waals surface area contributed by atoms with Crippen molar-refractivity contribution in [2.24, 2.45) is 5.92 Å². The van der Waals surface area contributed by atoms with Crippen LogP contribution in [0, 0.1) is 11.8 Å². The van der Waals surface area contributed by atoms with Crippen molar-refractivity contribution in [1.29, 1.82) is 0 Å².